The highest BCUT2D eigenvalue weighted by Gasteiger charge is 2.31. The maximum absolute atomic E-state index is 12.8. The molecule has 0 aliphatic carbocycles. The van der Waals surface area contributed by atoms with Gasteiger partial charge in [0.25, 0.3) is 5.91 Å². The van der Waals surface area contributed by atoms with E-state index in [4.69, 9.17) is 0 Å². The molecule has 1 saturated heterocycles. The van der Waals surface area contributed by atoms with Crippen LogP contribution in [0.2, 0.25) is 0 Å². The number of aromatic nitrogens is 3. The second kappa shape index (κ2) is 5.70. The molecule has 2 aromatic heterocycles. The number of imidazole rings is 1. The maximum Gasteiger partial charge on any atom is 0.265 e. The van der Waals surface area contributed by atoms with Crippen molar-refractivity contribution in [3.63, 3.8) is 0 Å². The molecule has 4 rings (SSSR count). The van der Waals surface area contributed by atoms with Crippen molar-refractivity contribution in [2.24, 2.45) is 0 Å². The largest absolute Gasteiger partial charge is 0.336 e. The van der Waals surface area contributed by atoms with E-state index in [9.17, 15) is 4.79 Å². The summed E-state index contributed by atoms with van der Waals surface area (Å²) >= 11 is 1.49. The Balaban J connectivity index is 1.61. The van der Waals surface area contributed by atoms with E-state index in [-0.39, 0.29) is 11.9 Å². The molecule has 0 spiro atoms. The summed E-state index contributed by atoms with van der Waals surface area (Å²) in [6, 6.07) is 8.49. The number of hydrogen-bond donors (Lipinski definition) is 0. The second-order valence-electron chi connectivity index (χ2n) is 6.36. The summed E-state index contributed by atoms with van der Waals surface area (Å²) < 4.78 is 2.29. The maximum atomic E-state index is 12.8. The molecule has 0 unspecified atom stereocenters. The van der Waals surface area contributed by atoms with Gasteiger partial charge in [0.1, 0.15) is 10.7 Å². The number of carbonyl (C=O) groups excluding carboxylic acids is 1. The Morgan fingerprint density at radius 1 is 1.21 bits per heavy atom. The molecular formula is C18H20N4OS. The van der Waals surface area contributed by atoms with Crippen molar-refractivity contribution < 1.29 is 4.79 Å². The minimum atomic E-state index is 0.114. The summed E-state index contributed by atoms with van der Waals surface area (Å²) in [5.74, 6) is 1.13. The van der Waals surface area contributed by atoms with Crippen LogP contribution < -0.4 is 0 Å². The molecule has 1 aliphatic heterocycles. The van der Waals surface area contributed by atoms with E-state index < -0.39 is 0 Å². The van der Waals surface area contributed by atoms with Crippen LogP contribution in [0.5, 0.6) is 0 Å². The summed E-state index contributed by atoms with van der Waals surface area (Å²) in [7, 11) is 0. The standard InChI is InChI=1S/C18H20N4OS/c1-11-17(24-13(3)19-11)18(23)21-9-8-14(10-21)22-12(2)20-15-6-4-5-7-16(15)22/h4-7,14H,8-10H2,1-3H3/t14-/m1/s1. The molecule has 0 bridgehead atoms. The van der Waals surface area contributed by atoms with Crippen molar-refractivity contribution in [3.8, 4) is 0 Å². The SMILES string of the molecule is Cc1nc(C)c(C(=O)N2CC[C@@H](n3c(C)nc4ccccc43)C2)s1. The van der Waals surface area contributed by atoms with Gasteiger partial charge in [-0.15, -0.1) is 11.3 Å². The Bertz CT molecular complexity index is 926. The van der Waals surface area contributed by atoms with Gasteiger partial charge in [-0.1, -0.05) is 12.1 Å². The second-order valence-corrected chi connectivity index (χ2v) is 7.56. The van der Waals surface area contributed by atoms with Gasteiger partial charge in [-0.25, -0.2) is 9.97 Å². The van der Waals surface area contributed by atoms with E-state index in [1.165, 1.54) is 11.3 Å². The fourth-order valence-electron chi connectivity index (χ4n) is 3.64. The minimum absolute atomic E-state index is 0.114. The van der Waals surface area contributed by atoms with E-state index in [2.05, 4.69) is 20.6 Å². The lowest BCUT2D eigenvalue weighted by molar-refractivity contribution is 0.0791. The molecule has 3 heterocycles. The molecule has 1 aliphatic rings. The molecule has 1 aromatic carbocycles. The smallest absolute Gasteiger partial charge is 0.265 e. The van der Waals surface area contributed by atoms with Crippen LogP contribution in [0.1, 0.15) is 38.7 Å². The van der Waals surface area contributed by atoms with E-state index in [0.29, 0.717) is 0 Å². The molecule has 6 heteroatoms. The van der Waals surface area contributed by atoms with Gasteiger partial charge in [0.2, 0.25) is 0 Å². The van der Waals surface area contributed by atoms with Gasteiger partial charge in [-0.05, 0) is 39.3 Å². The Morgan fingerprint density at radius 2 is 2.00 bits per heavy atom. The Hall–Kier alpha value is -2.21. The van der Waals surface area contributed by atoms with Crippen LogP contribution >= 0.6 is 11.3 Å². The zero-order chi connectivity index (χ0) is 16.8. The third kappa shape index (κ3) is 2.41. The molecule has 1 amide bonds. The molecule has 5 nitrogen and oxygen atoms in total. The number of thiazole rings is 1. The van der Waals surface area contributed by atoms with Crippen LogP contribution in [0.3, 0.4) is 0 Å². The van der Waals surface area contributed by atoms with Crippen molar-refractivity contribution in [2.75, 3.05) is 13.1 Å². The minimum Gasteiger partial charge on any atom is -0.336 e. The van der Waals surface area contributed by atoms with Crippen molar-refractivity contribution >= 4 is 28.3 Å². The summed E-state index contributed by atoms with van der Waals surface area (Å²) in [5.41, 5.74) is 3.02. The number of fused-ring (bicyclic) bond motifs is 1. The number of para-hydroxylation sites is 2. The number of aryl methyl sites for hydroxylation is 3. The van der Waals surface area contributed by atoms with Gasteiger partial charge in [-0.2, -0.15) is 0 Å². The zero-order valence-corrected chi connectivity index (χ0v) is 14.9. The predicted octanol–water partition coefficient (Wildman–Crippen LogP) is 3.51. The fourth-order valence-corrected chi connectivity index (χ4v) is 4.52. The molecule has 0 N–H and O–H groups in total. The molecule has 3 aromatic rings. The van der Waals surface area contributed by atoms with Crippen LogP contribution in [0.4, 0.5) is 0 Å². The Labute approximate surface area is 145 Å². The van der Waals surface area contributed by atoms with Gasteiger partial charge >= 0.3 is 0 Å². The molecule has 0 radical (unpaired) electrons. The highest BCUT2D eigenvalue weighted by Crippen LogP contribution is 2.30. The normalized spacial score (nSPS) is 17.8. The number of hydrogen-bond acceptors (Lipinski definition) is 4. The third-order valence-electron chi connectivity index (χ3n) is 4.69. The lowest BCUT2D eigenvalue weighted by Gasteiger charge is -2.18. The van der Waals surface area contributed by atoms with Crippen LogP contribution in [-0.2, 0) is 0 Å². The third-order valence-corrected chi connectivity index (χ3v) is 5.75. The summed E-state index contributed by atoms with van der Waals surface area (Å²) in [5, 5.41) is 0.947. The van der Waals surface area contributed by atoms with Gasteiger partial charge in [0.05, 0.1) is 27.8 Å². The number of carbonyl (C=O) groups is 1. The lowest BCUT2D eigenvalue weighted by Crippen LogP contribution is -2.29. The molecule has 1 atom stereocenters. The van der Waals surface area contributed by atoms with Crippen LogP contribution in [0.25, 0.3) is 11.0 Å². The quantitative estimate of drug-likeness (QED) is 0.717. The van der Waals surface area contributed by atoms with Crippen molar-refractivity contribution in [3.05, 3.63) is 45.7 Å². The predicted molar refractivity (Wildman–Crippen MR) is 95.6 cm³/mol. The summed E-state index contributed by atoms with van der Waals surface area (Å²) in [6.45, 7) is 7.42. The first-order chi connectivity index (χ1) is 11.5. The van der Waals surface area contributed by atoms with Crippen LogP contribution in [0.15, 0.2) is 24.3 Å². The van der Waals surface area contributed by atoms with Crippen LogP contribution in [-0.4, -0.2) is 38.4 Å². The van der Waals surface area contributed by atoms with Gasteiger partial charge < -0.3 is 9.47 Å². The first kappa shape index (κ1) is 15.3. The average Bonchev–Trinajstić information content (AvgIpc) is 3.22. The van der Waals surface area contributed by atoms with Gasteiger partial charge in [-0.3, -0.25) is 4.79 Å². The highest BCUT2D eigenvalue weighted by molar-refractivity contribution is 7.13. The van der Waals surface area contributed by atoms with E-state index in [1.54, 1.807) is 0 Å². The lowest BCUT2D eigenvalue weighted by atomic mass is 10.2. The molecule has 0 saturated carbocycles. The topological polar surface area (TPSA) is 51.0 Å². The first-order valence-corrected chi connectivity index (χ1v) is 9.03. The number of nitrogens with zero attached hydrogens (tertiary/aromatic N) is 4. The molecular weight excluding hydrogens is 320 g/mol. The van der Waals surface area contributed by atoms with Crippen molar-refractivity contribution in [1.82, 2.24) is 19.4 Å². The van der Waals surface area contributed by atoms with Gasteiger partial charge in [0, 0.05) is 13.1 Å². The van der Waals surface area contributed by atoms with Crippen molar-refractivity contribution in [2.45, 2.75) is 33.2 Å². The molecule has 124 valence electrons. The number of likely N-dealkylation sites (tertiary alicyclic amines) is 1. The monoisotopic (exact) mass is 340 g/mol. The Morgan fingerprint density at radius 3 is 2.75 bits per heavy atom. The average molecular weight is 340 g/mol. The zero-order valence-electron chi connectivity index (χ0n) is 14.1. The number of benzene rings is 1. The highest BCUT2D eigenvalue weighted by atomic mass is 32.1. The number of amides is 1. The summed E-state index contributed by atoms with van der Waals surface area (Å²) in [4.78, 5) is 24.6. The Kier molecular flexibility index (Phi) is 3.64. The summed E-state index contributed by atoms with van der Waals surface area (Å²) in [6.07, 6.45) is 0.962. The van der Waals surface area contributed by atoms with E-state index >= 15 is 0 Å². The van der Waals surface area contributed by atoms with Crippen LogP contribution in [0, 0.1) is 20.8 Å². The fraction of sp³-hybridized carbons (Fsp3) is 0.389. The van der Waals surface area contributed by atoms with Gasteiger partial charge in [0.15, 0.2) is 0 Å². The van der Waals surface area contributed by atoms with E-state index in [0.717, 1.165) is 51.9 Å². The molecule has 1 fully saturated rings. The van der Waals surface area contributed by atoms with E-state index in [1.807, 2.05) is 43.9 Å². The van der Waals surface area contributed by atoms with Crippen molar-refractivity contribution in [1.29, 1.82) is 0 Å². The molecule has 24 heavy (non-hydrogen) atoms. The first-order valence-electron chi connectivity index (χ1n) is 8.21. The number of rotatable bonds is 2.